The molecule has 5 nitrogen and oxygen atoms in total. The number of aliphatic hydroxyl groups excluding tert-OH is 2. The molecule has 0 saturated carbocycles. The minimum atomic E-state index is -0.823. The van der Waals surface area contributed by atoms with Crippen LogP contribution in [0.3, 0.4) is 0 Å². The number of ketones is 1. The standard InChI is InChI=1S/C34H63NO4/c1-3-5-7-9-11-13-14-15-16-17-18-20-22-24-26-28-34(39)35(29-30-36)32(31-37)33(38)27-25-23-21-19-12-10-8-6-4-2/h11,13,15-16,32,36-37H,3-10,12,14,17-31H2,1-2H3/b13-11-,16-15-. The summed E-state index contributed by atoms with van der Waals surface area (Å²) in [7, 11) is 0. The first kappa shape index (κ1) is 37.5. The lowest BCUT2D eigenvalue weighted by molar-refractivity contribution is -0.141. The largest absolute Gasteiger partial charge is 0.395 e. The second-order valence-electron chi connectivity index (χ2n) is 11.0. The molecule has 5 heteroatoms. The van der Waals surface area contributed by atoms with Gasteiger partial charge in [-0.25, -0.2) is 0 Å². The average molecular weight is 550 g/mol. The summed E-state index contributed by atoms with van der Waals surface area (Å²) in [5.74, 6) is -0.212. The van der Waals surface area contributed by atoms with E-state index in [2.05, 4.69) is 38.2 Å². The molecule has 39 heavy (non-hydrogen) atoms. The van der Waals surface area contributed by atoms with Crippen LogP contribution in [0.5, 0.6) is 0 Å². The van der Waals surface area contributed by atoms with Crippen molar-refractivity contribution in [1.29, 1.82) is 0 Å². The molecule has 0 aliphatic carbocycles. The van der Waals surface area contributed by atoms with Gasteiger partial charge in [0.05, 0.1) is 13.2 Å². The first-order valence-corrected chi connectivity index (χ1v) is 16.5. The van der Waals surface area contributed by atoms with E-state index in [1.807, 2.05) is 0 Å². The number of nitrogens with zero attached hydrogens (tertiary/aromatic N) is 1. The number of rotatable bonds is 29. The first-order valence-electron chi connectivity index (χ1n) is 16.5. The fourth-order valence-corrected chi connectivity index (χ4v) is 4.94. The maximum Gasteiger partial charge on any atom is 0.223 e. The fourth-order valence-electron chi connectivity index (χ4n) is 4.94. The zero-order valence-electron chi connectivity index (χ0n) is 25.7. The van der Waals surface area contributed by atoms with Gasteiger partial charge in [0.1, 0.15) is 6.04 Å². The lowest BCUT2D eigenvalue weighted by Gasteiger charge is -2.29. The first-order chi connectivity index (χ1) is 19.1. The fraction of sp³-hybridized carbons (Fsp3) is 0.824. The van der Waals surface area contributed by atoms with Crippen LogP contribution in [0, 0.1) is 0 Å². The monoisotopic (exact) mass is 549 g/mol. The molecule has 0 spiro atoms. The van der Waals surface area contributed by atoms with Crippen LogP contribution in [0.15, 0.2) is 24.3 Å². The van der Waals surface area contributed by atoms with Crippen molar-refractivity contribution in [3.8, 4) is 0 Å². The van der Waals surface area contributed by atoms with E-state index in [0.29, 0.717) is 12.8 Å². The molecule has 0 aromatic carbocycles. The zero-order valence-corrected chi connectivity index (χ0v) is 25.7. The van der Waals surface area contributed by atoms with Gasteiger partial charge in [-0.1, -0.05) is 122 Å². The van der Waals surface area contributed by atoms with Crippen LogP contribution in [-0.2, 0) is 9.59 Å². The van der Waals surface area contributed by atoms with E-state index < -0.39 is 6.04 Å². The van der Waals surface area contributed by atoms with Crippen molar-refractivity contribution in [3.63, 3.8) is 0 Å². The molecule has 228 valence electrons. The van der Waals surface area contributed by atoms with Crippen molar-refractivity contribution in [3.05, 3.63) is 24.3 Å². The summed E-state index contributed by atoms with van der Waals surface area (Å²) >= 11 is 0. The Kier molecular flexibility index (Phi) is 28.4. The van der Waals surface area contributed by atoms with Crippen LogP contribution in [0.2, 0.25) is 0 Å². The van der Waals surface area contributed by atoms with Crippen molar-refractivity contribution in [2.75, 3.05) is 19.8 Å². The molecule has 1 amide bonds. The average Bonchev–Trinajstić information content (AvgIpc) is 2.94. The third-order valence-electron chi connectivity index (χ3n) is 7.45. The number of unbranched alkanes of at least 4 members (excludes halogenated alkanes) is 16. The number of aliphatic hydroxyl groups is 2. The maximum absolute atomic E-state index is 12.8. The van der Waals surface area contributed by atoms with E-state index in [-0.39, 0.29) is 31.4 Å². The Bertz CT molecular complexity index is 616. The van der Waals surface area contributed by atoms with Crippen molar-refractivity contribution < 1.29 is 19.8 Å². The number of carbonyl (C=O) groups excluding carboxylic acids is 2. The van der Waals surface area contributed by atoms with Gasteiger partial charge in [-0.15, -0.1) is 0 Å². The predicted octanol–water partition coefficient (Wildman–Crippen LogP) is 8.47. The van der Waals surface area contributed by atoms with Gasteiger partial charge in [0.25, 0.3) is 0 Å². The second kappa shape index (κ2) is 29.5. The van der Waals surface area contributed by atoms with Crippen LogP contribution >= 0.6 is 0 Å². The quantitative estimate of drug-likeness (QED) is 0.0724. The molecular weight excluding hydrogens is 486 g/mol. The Morgan fingerprint density at radius 2 is 1.08 bits per heavy atom. The van der Waals surface area contributed by atoms with Gasteiger partial charge in [-0.2, -0.15) is 0 Å². The van der Waals surface area contributed by atoms with E-state index in [9.17, 15) is 19.8 Å². The number of hydrogen-bond donors (Lipinski definition) is 2. The Morgan fingerprint density at radius 1 is 0.615 bits per heavy atom. The van der Waals surface area contributed by atoms with E-state index in [1.165, 1.54) is 75.5 Å². The number of allylic oxidation sites excluding steroid dienone is 4. The molecule has 0 aromatic heterocycles. The summed E-state index contributed by atoms with van der Waals surface area (Å²) in [6, 6.07) is -0.823. The molecule has 1 unspecified atom stereocenters. The highest BCUT2D eigenvalue weighted by molar-refractivity contribution is 5.89. The molecular formula is C34H63NO4. The van der Waals surface area contributed by atoms with Gasteiger partial charge < -0.3 is 15.1 Å². The van der Waals surface area contributed by atoms with Crippen molar-refractivity contribution in [1.82, 2.24) is 4.90 Å². The Morgan fingerprint density at radius 3 is 1.62 bits per heavy atom. The van der Waals surface area contributed by atoms with E-state index in [0.717, 1.165) is 57.8 Å². The van der Waals surface area contributed by atoms with Gasteiger partial charge in [0.2, 0.25) is 5.91 Å². The van der Waals surface area contributed by atoms with Crippen LogP contribution in [0.25, 0.3) is 0 Å². The highest BCUT2D eigenvalue weighted by Crippen LogP contribution is 2.15. The lowest BCUT2D eigenvalue weighted by atomic mass is 10.0. The van der Waals surface area contributed by atoms with Crippen molar-refractivity contribution in [2.45, 2.75) is 161 Å². The predicted molar refractivity (Wildman–Crippen MR) is 166 cm³/mol. The van der Waals surface area contributed by atoms with Crippen LogP contribution in [0.1, 0.15) is 155 Å². The molecule has 0 saturated heterocycles. The topological polar surface area (TPSA) is 77.8 Å². The summed E-state index contributed by atoms with van der Waals surface area (Å²) in [5, 5.41) is 19.4. The molecule has 0 aromatic rings. The minimum Gasteiger partial charge on any atom is -0.395 e. The van der Waals surface area contributed by atoms with Crippen molar-refractivity contribution >= 4 is 11.7 Å². The Labute approximate surface area is 241 Å². The molecule has 0 bridgehead atoms. The summed E-state index contributed by atoms with van der Waals surface area (Å²) in [6.45, 7) is 3.99. The zero-order chi connectivity index (χ0) is 28.8. The molecule has 0 rings (SSSR count). The normalized spacial score (nSPS) is 12.5. The number of amides is 1. The minimum absolute atomic E-state index is 0.0812. The maximum atomic E-state index is 12.8. The van der Waals surface area contributed by atoms with E-state index in [1.54, 1.807) is 0 Å². The number of Topliss-reactive ketones (excluding diaryl/α,β-unsaturated/α-hetero) is 1. The second-order valence-corrected chi connectivity index (χ2v) is 11.0. The highest BCUT2D eigenvalue weighted by Gasteiger charge is 2.27. The Hall–Kier alpha value is -1.46. The molecule has 0 aliphatic heterocycles. The molecule has 0 heterocycles. The smallest absolute Gasteiger partial charge is 0.223 e. The van der Waals surface area contributed by atoms with Crippen molar-refractivity contribution in [2.24, 2.45) is 0 Å². The van der Waals surface area contributed by atoms with Gasteiger partial charge in [0.15, 0.2) is 5.78 Å². The molecule has 1 atom stereocenters. The van der Waals surface area contributed by atoms with E-state index >= 15 is 0 Å². The summed E-state index contributed by atoms with van der Waals surface area (Å²) in [6.07, 6.45) is 32.8. The number of carbonyl (C=O) groups is 2. The molecule has 0 fully saturated rings. The van der Waals surface area contributed by atoms with Crippen LogP contribution < -0.4 is 0 Å². The van der Waals surface area contributed by atoms with Gasteiger partial charge in [-0.3, -0.25) is 9.59 Å². The molecule has 0 aliphatic rings. The van der Waals surface area contributed by atoms with Gasteiger partial charge >= 0.3 is 0 Å². The SMILES string of the molecule is CCCCC/C=C\C/C=C\CCCCCCCC(=O)N(CCO)C(CO)C(=O)CCCCCCCCCCC. The van der Waals surface area contributed by atoms with Crippen LogP contribution in [-0.4, -0.2) is 52.6 Å². The third-order valence-corrected chi connectivity index (χ3v) is 7.45. The summed E-state index contributed by atoms with van der Waals surface area (Å²) in [5.41, 5.74) is 0. The third kappa shape index (κ3) is 23.0. The summed E-state index contributed by atoms with van der Waals surface area (Å²) < 4.78 is 0. The van der Waals surface area contributed by atoms with Gasteiger partial charge in [0, 0.05) is 19.4 Å². The van der Waals surface area contributed by atoms with Crippen LogP contribution in [0.4, 0.5) is 0 Å². The molecule has 2 N–H and O–H groups in total. The van der Waals surface area contributed by atoms with E-state index in [4.69, 9.17) is 0 Å². The Balaban J connectivity index is 4.07. The highest BCUT2D eigenvalue weighted by atomic mass is 16.3. The molecule has 0 radical (unpaired) electrons. The lowest BCUT2D eigenvalue weighted by Crippen LogP contribution is -2.48. The summed E-state index contributed by atoms with van der Waals surface area (Å²) in [4.78, 5) is 27.0. The van der Waals surface area contributed by atoms with Gasteiger partial charge in [-0.05, 0) is 44.9 Å². The number of hydrogen-bond acceptors (Lipinski definition) is 4.